The lowest BCUT2D eigenvalue weighted by molar-refractivity contribution is -0.128. The largest absolute Gasteiger partial charge is 0.465 e. The standard InChI is InChI=1S/4C20H20N2O3.C15H17NO3/c1-25-18(23)15-5-4-14-6-7-20(12-16(14)11-15)8-10-22(19(20)24)17-3-2-9-21-13-17;3*23-13-18(24)15-4-3-14-5-6-20(11-16(14)10-15)7-9-22(19(20)25)17-2-1-8-21-12-17;1-19-13(17)11-3-2-10-4-5-15(9-12(10)8-11)6-7-16-14(15)18/h2-5,9,11,13H,6-8,10,12H2,1H3;3*1-4,8,10,12,23H,5-7,9,11,13H2;2-3,8H,4-7,9H2,1H3,(H,16,18). The van der Waals surface area contributed by atoms with Crippen LogP contribution in [0.25, 0.3) is 0 Å². The van der Waals surface area contributed by atoms with Gasteiger partial charge < -0.3 is 49.7 Å². The summed E-state index contributed by atoms with van der Waals surface area (Å²) in [6.45, 7) is 2.13. The summed E-state index contributed by atoms with van der Waals surface area (Å²) >= 11 is 0. The normalized spacial score (nSPS) is 22.7. The van der Waals surface area contributed by atoms with Crippen molar-refractivity contribution >= 4 is 81.6 Å². The molecule has 19 rings (SSSR count). The van der Waals surface area contributed by atoms with Crippen molar-refractivity contribution in [3.05, 3.63) is 273 Å². The Morgan fingerprint density at radius 2 is 0.588 bits per heavy atom. The zero-order valence-corrected chi connectivity index (χ0v) is 67.0. The van der Waals surface area contributed by atoms with Gasteiger partial charge in [-0.3, -0.25) is 58.3 Å². The second-order valence-electron chi connectivity index (χ2n) is 33.1. The van der Waals surface area contributed by atoms with Gasteiger partial charge in [-0.2, -0.15) is 0 Å². The van der Waals surface area contributed by atoms with Crippen LogP contribution in [0, 0.1) is 27.1 Å². The van der Waals surface area contributed by atoms with E-state index in [1.807, 2.05) is 129 Å². The Balaban J connectivity index is 0.000000116. The van der Waals surface area contributed by atoms with Gasteiger partial charge in [-0.15, -0.1) is 0 Å². The number of benzene rings is 5. The van der Waals surface area contributed by atoms with Crippen LogP contribution in [0.5, 0.6) is 0 Å². The van der Waals surface area contributed by atoms with E-state index in [0.29, 0.717) is 73.1 Å². The predicted molar refractivity (Wildman–Crippen MR) is 444 cm³/mol. The lowest BCUT2D eigenvalue weighted by atomic mass is 9.70. The van der Waals surface area contributed by atoms with Crippen LogP contribution < -0.4 is 24.9 Å². The number of aryl methyl sites for hydroxylation is 5. The van der Waals surface area contributed by atoms with Crippen LogP contribution in [-0.4, -0.2) is 161 Å². The van der Waals surface area contributed by atoms with E-state index in [9.17, 15) is 47.9 Å². The summed E-state index contributed by atoms with van der Waals surface area (Å²) in [7, 11) is 2.77. The summed E-state index contributed by atoms with van der Waals surface area (Å²) in [5.74, 6) is -0.682. The first-order valence-electron chi connectivity index (χ1n) is 41.0. The Morgan fingerprint density at radius 3 is 0.824 bits per heavy atom. The highest BCUT2D eigenvalue weighted by Crippen LogP contribution is 2.50. The highest BCUT2D eigenvalue weighted by Gasteiger charge is 2.53. The van der Waals surface area contributed by atoms with Crippen molar-refractivity contribution in [3.8, 4) is 0 Å². The molecule has 0 bridgehead atoms. The fourth-order valence-electron chi connectivity index (χ4n) is 19.6. The molecule has 24 heteroatoms. The van der Waals surface area contributed by atoms with Crippen molar-refractivity contribution in [2.75, 3.05) is 86.4 Å². The van der Waals surface area contributed by atoms with Crippen molar-refractivity contribution in [2.45, 2.75) is 128 Å². The molecule has 24 nitrogen and oxygen atoms in total. The number of carbonyl (C=O) groups is 10. The number of methoxy groups -OCH3 is 2. The van der Waals surface area contributed by atoms with E-state index in [2.05, 4.69) is 25.3 Å². The van der Waals surface area contributed by atoms with Crippen molar-refractivity contribution in [1.82, 2.24) is 25.3 Å². The number of rotatable bonds is 12. The first-order valence-corrected chi connectivity index (χ1v) is 41.0. The lowest BCUT2D eigenvalue weighted by Crippen LogP contribution is -2.38. The van der Waals surface area contributed by atoms with Crippen molar-refractivity contribution < 1.29 is 72.7 Å². The molecule has 0 saturated carbocycles. The minimum atomic E-state index is -0.488. The number of hydrogen-bond acceptors (Lipinski definition) is 19. The minimum Gasteiger partial charge on any atom is -0.465 e. The van der Waals surface area contributed by atoms with Gasteiger partial charge in [-0.1, -0.05) is 48.5 Å². The fourth-order valence-corrected chi connectivity index (χ4v) is 19.6. The van der Waals surface area contributed by atoms with E-state index in [4.69, 9.17) is 24.8 Å². The number of Topliss-reactive ketones (excluding diaryl/α,β-unsaturated/α-hetero) is 3. The topological polar surface area (TPSA) is 326 Å². The van der Waals surface area contributed by atoms with Gasteiger partial charge in [-0.05, 0) is 275 Å². The molecule has 119 heavy (non-hydrogen) atoms. The average molecular weight is 1600 g/mol. The van der Waals surface area contributed by atoms with E-state index >= 15 is 0 Å². The van der Waals surface area contributed by atoms with Gasteiger partial charge in [0.2, 0.25) is 29.5 Å². The number of hydrogen-bond donors (Lipinski definition) is 4. The van der Waals surface area contributed by atoms with E-state index < -0.39 is 19.8 Å². The number of ether oxygens (including phenoxy) is 2. The molecule has 5 unspecified atom stereocenters. The van der Waals surface area contributed by atoms with E-state index in [1.165, 1.54) is 42.0 Å². The van der Waals surface area contributed by atoms with Crippen LogP contribution >= 0.6 is 0 Å². The van der Waals surface area contributed by atoms with Crippen LogP contribution in [0.1, 0.15) is 172 Å². The van der Waals surface area contributed by atoms with Crippen LogP contribution in [0.4, 0.5) is 22.7 Å². The third kappa shape index (κ3) is 16.5. The first-order chi connectivity index (χ1) is 57.7. The third-order valence-electron chi connectivity index (χ3n) is 26.5. The maximum absolute atomic E-state index is 13.2. The lowest BCUT2D eigenvalue weighted by Gasteiger charge is -2.33. The molecule has 612 valence electrons. The molecule has 4 N–H and O–H groups in total. The maximum atomic E-state index is 13.2. The Kier molecular flexibility index (Phi) is 24.0. The number of carbonyl (C=O) groups excluding carboxylic acids is 10. The Morgan fingerprint density at radius 1 is 0.336 bits per heavy atom. The molecule has 9 heterocycles. The average Bonchev–Trinajstić information content (AvgIpc) is 1.65. The molecule has 5 fully saturated rings. The number of pyridine rings is 4. The molecule has 0 radical (unpaired) electrons. The van der Waals surface area contributed by atoms with Gasteiger partial charge in [0.15, 0.2) is 17.3 Å². The molecular formula is C95H97N9O15. The number of aromatic nitrogens is 4. The number of aliphatic hydroxyl groups is 3. The van der Waals surface area contributed by atoms with Gasteiger partial charge in [0.05, 0.1) is 100.0 Å². The summed E-state index contributed by atoms with van der Waals surface area (Å²) in [5.41, 5.74) is 15.8. The number of esters is 2. The Bertz CT molecular complexity index is 4860. The van der Waals surface area contributed by atoms with Crippen LogP contribution in [0.3, 0.4) is 0 Å². The monoisotopic (exact) mass is 1600 g/mol. The molecule has 5 atom stereocenters. The summed E-state index contributed by atoms with van der Waals surface area (Å²) in [6, 6.07) is 43.2. The van der Waals surface area contributed by atoms with Crippen molar-refractivity contribution in [3.63, 3.8) is 0 Å². The second-order valence-corrected chi connectivity index (χ2v) is 33.1. The van der Waals surface area contributed by atoms with Gasteiger partial charge >= 0.3 is 11.9 Å². The number of amides is 5. The predicted octanol–water partition coefficient (Wildman–Crippen LogP) is 10.8. The second kappa shape index (κ2) is 34.8. The molecule has 5 saturated heterocycles. The molecule has 5 spiro atoms. The maximum Gasteiger partial charge on any atom is 0.337 e. The quantitative estimate of drug-likeness (QED) is 0.0652. The van der Waals surface area contributed by atoms with Crippen molar-refractivity contribution in [2.24, 2.45) is 27.1 Å². The number of nitrogens with zero attached hydrogens (tertiary/aromatic N) is 8. The van der Waals surface area contributed by atoms with Crippen LogP contribution in [-0.2, 0) is 97.7 Å². The molecule has 5 amide bonds. The number of anilines is 4. The minimum absolute atomic E-state index is 0.157. The summed E-state index contributed by atoms with van der Waals surface area (Å²) in [6.07, 6.45) is 29.9. The summed E-state index contributed by atoms with van der Waals surface area (Å²) in [4.78, 5) is 147. The van der Waals surface area contributed by atoms with E-state index in [1.54, 1.807) is 79.9 Å². The summed E-state index contributed by atoms with van der Waals surface area (Å²) < 4.78 is 9.57. The number of ketones is 3. The molecule has 5 aliphatic heterocycles. The number of nitrogens with one attached hydrogen (secondary N) is 1. The van der Waals surface area contributed by atoms with Gasteiger partial charge in [0, 0.05) is 74.2 Å². The van der Waals surface area contributed by atoms with Crippen LogP contribution in [0.2, 0.25) is 0 Å². The Hall–Kier alpha value is -12.1. The SMILES string of the molecule is COC(=O)c1ccc2c(c1)CC1(CC2)CCN(c2cccnc2)C1=O.COC(=O)c1ccc2c(c1)CC1(CCNC1=O)CC2.O=C(CO)c1ccc2c(c1)CC1(CC2)CCN(c2cccnc2)C1=O.O=C(CO)c1ccc2c(c1)CC1(CC2)CCN(c2cccnc2)C1=O.O=C(CO)c1ccc2c(c1)CC1(CC2)CCN(c2cccnc2)C1=O. The zero-order chi connectivity index (χ0) is 83.2. The van der Waals surface area contributed by atoms with E-state index in [-0.39, 0.29) is 85.9 Å². The third-order valence-corrected chi connectivity index (χ3v) is 26.5. The van der Waals surface area contributed by atoms with Crippen molar-refractivity contribution in [1.29, 1.82) is 0 Å². The fraction of sp³-hybridized carbons (Fsp3) is 0.368. The van der Waals surface area contributed by atoms with Gasteiger partial charge in [0.1, 0.15) is 19.8 Å². The number of fused-ring (bicyclic) bond motifs is 5. The first kappa shape index (κ1) is 82.0. The molecule has 5 aromatic carbocycles. The Labute approximate surface area is 690 Å². The van der Waals surface area contributed by atoms with Crippen LogP contribution in [0.15, 0.2) is 189 Å². The highest BCUT2D eigenvalue weighted by atomic mass is 16.5. The smallest absolute Gasteiger partial charge is 0.337 e. The molecule has 4 aromatic heterocycles. The van der Waals surface area contributed by atoms with Gasteiger partial charge in [-0.25, -0.2) is 9.59 Å². The van der Waals surface area contributed by atoms with E-state index in [0.717, 1.165) is 166 Å². The zero-order valence-electron chi connectivity index (χ0n) is 67.0. The van der Waals surface area contributed by atoms with Gasteiger partial charge in [0.25, 0.3) is 0 Å². The number of aliphatic hydroxyl groups excluding tert-OH is 3. The highest BCUT2D eigenvalue weighted by molar-refractivity contribution is 6.04. The summed E-state index contributed by atoms with van der Waals surface area (Å²) in [5, 5.41) is 30.2. The molecule has 10 aliphatic rings. The molecule has 9 aromatic rings. The molecular weight excluding hydrogens is 1510 g/mol. The molecule has 5 aliphatic carbocycles.